The van der Waals surface area contributed by atoms with Crippen molar-refractivity contribution >= 4 is 5.78 Å². The average molecular weight is 244 g/mol. The minimum absolute atomic E-state index is 0.113. The normalized spacial score (nSPS) is 10.9. The fourth-order valence-corrected chi connectivity index (χ4v) is 1.93. The lowest BCUT2D eigenvalue weighted by atomic mass is 10.1. The Morgan fingerprint density at radius 3 is 2.39 bits per heavy atom. The number of ketones is 1. The Kier molecular flexibility index (Phi) is 7.87. The van der Waals surface area contributed by atoms with E-state index in [4.69, 9.17) is 0 Å². The molecule has 0 bridgehead atoms. The maximum absolute atomic E-state index is 11.7. The number of unbranched alkanes of at least 4 members (excludes halogenated alkanes) is 6. The number of hydrogen-bond acceptors (Lipinski definition) is 1. The van der Waals surface area contributed by atoms with Crippen molar-refractivity contribution in [2.24, 2.45) is 0 Å². The molecule has 1 aromatic carbocycles. The predicted octanol–water partition coefficient (Wildman–Crippen LogP) is 5.18. The van der Waals surface area contributed by atoms with E-state index in [0.717, 1.165) is 12.0 Å². The van der Waals surface area contributed by atoms with Gasteiger partial charge < -0.3 is 0 Å². The molecule has 1 rings (SSSR count). The van der Waals surface area contributed by atoms with Crippen LogP contribution < -0.4 is 0 Å². The molecule has 1 nitrogen and oxygen atoms in total. The number of carbonyl (C=O) groups excluding carboxylic acids is 1. The molecule has 0 N–H and O–H groups in total. The van der Waals surface area contributed by atoms with Gasteiger partial charge in [0.1, 0.15) is 0 Å². The van der Waals surface area contributed by atoms with E-state index < -0.39 is 0 Å². The van der Waals surface area contributed by atoms with Gasteiger partial charge in [0.25, 0.3) is 0 Å². The summed E-state index contributed by atoms with van der Waals surface area (Å²) in [6.07, 6.45) is 12.5. The van der Waals surface area contributed by atoms with Crippen LogP contribution in [0.2, 0.25) is 0 Å². The first-order chi connectivity index (χ1) is 8.84. The van der Waals surface area contributed by atoms with Crippen LogP contribution in [-0.4, -0.2) is 5.78 Å². The molecule has 0 aromatic heterocycles. The Morgan fingerprint density at radius 1 is 1.00 bits per heavy atom. The first-order valence-electron chi connectivity index (χ1n) is 7.10. The van der Waals surface area contributed by atoms with E-state index in [0.29, 0.717) is 0 Å². The van der Waals surface area contributed by atoms with Crippen LogP contribution >= 0.6 is 0 Å². The minimum atomic E-state index is 0.113. The van der Waals surface area contributed by atoms with E-state index in [-0.39, 0.29) is 5.78 Å². The van der Waals surface area contributed by atoms with E-state index in [1.165, 1.54) is 38.5 Å². The van der Waals surface area contributed by atoms with Gasteiger partial charge in [-0.3, -0.25) is 4.79 Å². The summed E-state index contributed by atoms with van der Waals surface area (Å²) in [5.41, 5.74) is 0.775. The highest BCUT2D eigenvalue weighted by Crippen LogP contribution is 2.08. The van der Waals surface area contributed by atoms with Crippen molar-refractivity contribution in [3.8, 4) is 0 Å². The SMILES string of the molecule is CCCCCCCCC=CC(=O)c1ccccc1. The third-order valence-corrected chi connectivity index (χ3v) is 3.05. The molecule has 0 unspecified atom stereocenters. The number of benzene rings is 1. The second-order valence-electron chi connectivity index (χ2n) is 4.69. The van der Waals surface area contributed by atoms with E-state index in [2.05, 4.69) is 6.92 Å². The standard InChI is InChI=1S/C17H24O/c1-2-3-4-5-6-7-8-12-15-17(18)16-13-10-9-11-14-16/h9-15H,2-8H2,1H3. The second kappa shape index (κ2) is 9.64. The van der Waals surface area contributed by atoms with Crippen molar-refractivity contribution in [1.82, 2.24) is 0 Å². The molecule has 1 heteroatoms. The summed E-state index contributed by atoms with van der Waals surface area (Å²) in [6.45, 7) is 2.23. The lowest BCUT2D eigenvalue weighted by Gasteiger charge is -1.98. The predicted molar refractivity (Wildman–Crippen MR) is 77.9 cm³/mol. The molecular formula is C17H24O. The minimum Gasteiger partial charge on any atom is -0.289 e. The van der Waals surface area contributed by atoms with Gasteiger partial charge in [-0.2, -0.15) is 0 Å². The van der Waals surface area contributed by atoms with Gasteiger partial charge in [0.15, 0.2) is 5.78 Å². The Balaban J connectivity index is 2.12. The van der Waals surface area contributed by atoms with Crippen molar-refractivity contribution < 1.29 is 4.79 Å². The maximum Gasteiger partial charge on any atom is 0.185 e. The van der Waals surface area contributed by atoms with Gasteiger partial charge in [0.2, 0.25) is 0 Å². The molecule has 0 aliphatic rings. The molecule has 0 heterocycles. The second-order valence-corrected chi connectivity index (χ2v) is 4.69. The van der Waals surface area contributed by atoms with Gasteiger partial charge in [-0.1, -0.05) is 75.4 Å². The summed E-state index contributed by atoms with van der Waals surface area (Å²) in [4.78, 5) is 11.7. The quantitative estimate of drug-likeness (QED) is 0.332. The van der Waals surface area contributed by atoms with Crippen LogP contribution in [0.4, 0.5) is 0 Å². The zero-order valence-electron chi connectivity index (χ0n) is 11.4. The molecular weight excluding hydrogens is 220 g/mol. The highest BCUT2D eigenvalue weighted by molar-refractivity contribution is 6.04. The van der Waals surface area contributed by atoms with Crippen molar-refractivity contribution in [2.45, 2.75) is 51.9 Å². The molecule has 0 saturated carbocycles. The van der Waals surface area contributed by atoms with Gasteiger partial charge in [-0.25, -0.2) is 0 Å². The highest BCUT2D eigenvalue weighted by atomic mass is 16.1. The van der Waals surface area contributed by atoms with E-state index in [9.17, 15) is 4.79 Å². The zero-order chi connectivity index (χ0) is 13.1. The number of carbonyl (C=O) groups is 1. The Hall–Kier alpha value is -1.37. The van der Waals surface area contributed by atoms with Gasteiger partial charge in [0, 0.05) is 5.56 Å². The van der Waals surface area contributed by atoms with Crippen LogP contribution in [0.15, 0.2) is 42.5 Å². The summed E-state index contributed by atoms with van der Waals surface area (Å²) in [6, 6.07) is 9.44. The molecule has 18 heavy (non-hydrogen) atoms. The van der Waals surface area contributed by atoms with E-state index in [1.807, 2.05) is 36.4 Å². The number of hydrogen-bond donors (Lipinski definition) is 0. The molecule has 0 amide bonds. The lowest BCUT2D eigenvalue weighted by molar-refractivity contribution is 0.104. The summed E-state index contributed by atoms with van der Waals surface area (Å²) in [7, 11) is 0. The van der Waals surface area contributed by atoms with Crippen LogP contribution in [0.25, 0.3) is 0 Å². The van der Waals surface area contributed by atoms with Crippen LogP contribution in [0.5, 0.6) is 0 Å². The van der Waals surface area contributed by atoms with Crippen LogP contribution in [0.3, 0.4) is 0 Å². The topological polar surface area (TPSA) is 17.1 Å². The summed E-state index contributed by atoms with van der Waals surface area (Å²) in [5, 5.41) is 0. The molecule has 0 spiro atoms. The largest absolute Gasteiger partial charge is 0.289 e. The van der Waals surface area contributed by atoms with Crippen LogP contribution in [0.1, 0.15) is 62.2 Å². The van der Waals surface area contributed by atoms with Crippen molar-refractivity contribution in [1.29, 1.82) is 0 Å². The Morgan fingerprint density at radius 2 is 1.67 bits per heavy atom. The highest BCUT2D eigenvalue weighted by Gasteiger charge is 1.98. The van der Waals surface area contributed by atoms with E-state index >= 15 is 0 Å². The van der Waals surface area contributed by atoms with Crippen molar-refractivity contribution in [3.63, 3.8) is 0 Å². The maximum atomic E-state index is 11.7. The number of allylic oxidation sites excluding steroid dienone is 2. The van der Waals surface area contributed by atoms with Gasteiger partial charge >= 0.3 is 0 Å². The molecule has 0 aliphatic carbocycles. The Labute approximate surface area is 111 Å². The Bertz CT molecular complexity index is 351. The van der Waals surface area contributed by atoms with Crippen LogP contribution in [-0.2, 0) is 0 Å². The van der Waals surface area contributed by atoms with Crippen molar-refractivity contribution in [3.05, 3.63) is 48.0 Å². The summed E-state index contributed by atoms with van der Waals surface area (Å²) in [5.74, 6) is 0.113. The molecule has 0 aliphatic heterocycles. The zero-order valence-corrected chi connectivity index (χ0v) is 11.4. The third-order valence-electron chi connectivity index (χ3n) is 3.05. The molecule has 0 saturated heterocycles. The first-order valence-corrected chi connectivity index (χ1v) is 7.10. The first kappa shape index (κ1) is 14.7. The smallest absolute Gasteiger partial charge is 0.185 e. The van der Waals surface area contributed by atoms with Gasteiger partial charge in [0.05, 0.1) is 0 Å². The van der Waals surface area contributed by atoms with E-state index in [1.54, 1.807) is 6.08 Å². The number of rotatable bonds is 9. The average Bonchev–Trinajstić information content (AvgIpc) is 2.42. The molecule has 0 fully saturated rings. The van der Waals surface area contributed by atoms with Crippen LogP contribution in [0, 0.1) is 0 Å². The monoisotopic (exact) mass is 244 g/mol. The molecule has 98 valence electrons. The van der Waals surface area contributed by atoms with Gasteiger partial charge in [-0.15, -0.1) is 0 Å². The molecule has 0 radical (unpaired) electrons. The summed E-state index contributed by atoms with van der Waals surface area (Å²) >= 11 is 0. The lowest BCUT2D eigenvalue weighted by Crippen LogP contribution is -1.92. The summed E-state index contributed by atoms with van der Waals surface area (Å²) < 4.78 is 0. The fourth-order valence-electron chi connectivity index (χ4n) is 1.93. The molecule has 1 aromatic rings. The molecule has 0 atom stereocenters. The fraction of sp³-hybridized carbons (Fsp3) is 0.471. The third kappa shape index (κ3) is 6.39. The van der Waals surface area contributed by atoms with Gasteiger partial charge in [-0.05, 0) is 18.9 Å². The van der Waals surface area contributed by atoms with Crippen molar-refractivity contribution in [2.75, 3.05) is 0 Å².